The Bertz CT molecular complexity index is 696. The fraction of sp³-hybridized carbons (Fsp3) is 0.467. The van der Waals surface area contributed by atoms with E-state index in [4.69, 9.17) is 5.11 Å². The van der Waals surface area contributed by atoms with Crippen molar-refractivity contribution >= 4 is 21.8 Å². The number of carboxylic acid groups (broad SMARTS) is 1. The standard InChI is InChI=1S/C15H19NO5S/c1-2-8-16(10-15(18)19)22(20,21)12-7-6-11-4-3-5-14(17)13(11)9-12/h6-7,9H,2-5,8,10H2,1H3,(H,18,19). The van der Waals surface area contributed by atoms with Gasteiger partial charge >= 0.3 is 5.97 Å². The van der Waals surface area contributed by atoms with Crippen LogP contribution < -0.4 is 0 Å². The van der Waals surface area contributed by atoms with Crippen molar-refractivity contribution in [3.8, 4) is 0 Å². The largest absolute Gasteiger partial charge is 0.480 e. The average Bonchev–Trinajstić information content (AvgIpc) is 2.46. The number of aryl methyl sites for hydroxylation is 1. The lowest BCUT2D eigenvalue weighted by Gasteiger charge is -2.21. The zero-order valence-corrected chi connectivity index (χ0v) is 13.2. The summed E-state index contributed by atoms with van der Waals surface area (Å²) in [5.74, 6) is -1.26. The lowest BCUT2D eigenvalue weighted by Crippen LogP contribution is -2.36. The lowest BCUT2D eigenvalue weighted by atomic mass is 9.91. The Morgan fingerprint density at radius 2 is 2.05 bits per heavy atom. The molecule has 0 radical (unpaired) electrons. The maximum Gasteiger partial charge on any atom is 0.318 e. The van der Waals surface area contributed by atoms with Crippen molar-refractivity contribution in [1.29, 1.82) is 0 Å². The molecule has 0 bridgehead atoms. The number of benzene rings is 1. The number of hydrogen-bond acceptors (Lipinski definition) is 4. The molecule has 1 N–H and O–H groups in total. The van der Waals surface area contributed by atoms with E-state index in [9.17, 15) is 18.0 Å². The van der Waals surface area contributed by atoms with E-state index in [2.05, 4.69) is 0 Å². The highest BCUT2D eigenvalue weighted by Crippen LogP contribution is 2.25. The van der Waals surface area contributed by atoms with Crippen LogP contribution in [-0.2, 0) is 21.2 Å². The molecule has 1 aliphatic rings. The molecule has 7 heteroatoms. The van der Waals surface area contributed by atoms with E-state index < -0.39 is 22.5 Å². The number of rotatable bonds is 6. The molecule has 0 aromatic heterocycles. The summed E-state index contributed by atoms with van der Waals surface area (Å²) in [5.41, 5.74) is 1.30. The summed E-state index contributed by atoms with van der Waals surface area (Å²) in [4.78, 5) is 22.8. The van der Waals surface area contributed by atoms with Crippen LogP contribution in [0.4, 0.5) is 0 Å². The number of carboxylic acids is 1. The molecule has 6 nitrogen and oxygen atoms in total. The summed E-state index contributed by atoms with van der Waals surface area (Å²) in [5, 5.41) is 8.89. The first-order chi connectivity index (χ1) is 10.4. The number of hydrogen-bond donors (Lipinski definition) is 1. The molecule has 0 fully saturated rings. The Morgan fingerprint density at radius 1 is 1.32 bits per heavy atom. The third kappa shape index (κ3) is 3.36. The molecule has 0 atom stereocenters. The van der Waals surface area contributed by atoms with Crippen molar-refractivity contribution in [1.82, 2.24) is 4.31 Å². The van der Waals surface area contributed by atoms with E-state index in [1.54, 1.807) is 13.0 Å². The Kier molecular flexibility index (Phi) is 4.97. The number of carbonyl (C=O) groups is 2. The number of Topliss-reactive ketones (excluding diaryl/α,β-unsaturated/α-hetero) is 1. The van der Waals surface area contributed by atoms with Gasteiger partial charge in [0, 0.05) is 18.5 Å². The molecule has 1 aromatic rings. The average molecular weight is 325 g/mol. The van der Waals surface area contributed by atoms with Crippen LogP contribution in [0.25, 0.3) is 0 Å². The minimum Gasteiger partial charge on any atom is -0.480 e. The van der Waals surface area contributed by atoms with Crippen molar-refractivity contribution in [3.05, 3.63) is 29.3 Å². The van der Waals surface area contributed by atoms with Gasteiger partial charge < -0.3 is 5.11 Å². The van der Waals surface area contributed by atoms with E-state index in [0.29, 0.717) is 18.4 Å². The Morgan fingerprint density at radius 3 is 2.68 bits per heavy atom. The molecule has 0 spiro atoms. The van der Waals surface area contributed by atoms with Crippen LogP contribution in [0.5, 0.6) is 0 Å². The summed E-state index contributed by atoms with van der Waals surface area (Å²) in [7, 11) is -3.91. The summed E-state index contributed by atoms with van der Waals surface area (Å²) >= 11 is 0. The first-order valence-electron chi connectivity index (χ1n) is 7.24. The van der Waals surface area contributed by atoms with Crippen molar-refractivity contribution < 1.29 is 23.1 Å². The zero-order valence-electron chi connectivity index (χ0n) is 12.4. The second kappa shape index (κ2) is 6.58. The topological polar surface area (TPSA) is 91.8 Å². The van der Waals surface area contributed by atoms with Gasteiger partial charge in [-0.25, -0.2) is 8.42 Å². The van der Waals surface area contributed by atoms with Crippen LogP contribution in [0.3, 0.4) is 0 Å². The molecule has 1 aliphatic carbocycles. The van der Waals surface area contributed by atoms with Crippen molar-refractivity contribution in [3.63, 3.8) is 0 Å². The predicted octanol–water partition coefficient (Wildman–Crippen LogP) is 1.69. The molecular weight excluding hydrogens is 306 g/mol. The fourth-order valence-electron chi connectivity index (χ4n) is 2.60. The van der Waals surface area contributed by atoms with E-state index in [1.807, 2.05) is 0 Å². The first-order valence-corrected chi connectivity index (χ1v) is 8.68. The molecule has 0 amide bonds. The third-order valence-electron chi connectivity index (χ3n) is 3.65. The number of sulfonamides is 1. The molecule has 0 aliphatic heterocycles. The smallest absolute Gasteiger partial charge is 0.318 e. The van der Waals surface area contributed by atoms with Crippen LogP contribution in [0.15, 0.2) is 23.1 Å². The van der Waals surface area contributed by atoms with Gasteiger partial charge in [-0.2, -0.15) is 4.31 Å². The fourth-order valence-corrected chi connectivity index (χ4v) is 4.11. The van der Waals surface area contributed by atoms with E-state index in [-0.39, 0.29) is 17.2 Å². The normalized spacial score (nSPS) is 14.9. The van der Waals surface area contributed by atoms with Gasteiger partial charge in [0.25, 0.3) is 0 Å². The van der Waals surface area contributed by atoms with Gasteiger partial charge in [0.15, 0.2) is 5.78 Å². The van der Waals surface area contributed by atoms with Crippen molar-refractivity contribution in [2.75, 3.05) is 13.1 Å². The van der Waals surface area contributed by atoms with E-state index in [1.165, 1.54) is 12.1 Å². The lowest BCUT2D eigenvalue weighted by molar-refractivity contribution is -0.137. The highest BCUT2D eigenvalue weighted by Gasteiger charge is 2.28. The predicted molar refractivity (Wildman–Crippen MR) is 80.4 cm³/mol. The molecule has 120 valence electrons. The zero-order chi connectivity index (χ0) is 16.3. The minimum absolute atomic E-state index is 0.0174. The quantitative estimate of drug-likeness (QED) is 0.859. The molecular formula is C15H19NO5S. The minimum atomic E-state index is -3.91. The monoisotopic (exact) mass is 325 g/mol. The van der Waals surface area contributed by atoms with E-state index in [0.717, 1.165) is 22.7 Å². The molecule has 0 unspecified atom stereocenters. The van der Waals surface area contributed by atoms with Gasteiger partial charge in [-0.05, 0) is 37.0 Å². The number of fused-ring (bicyclic) bond motifs is 1. The summed E-state index contributed by atoms with van der Waals surface area (Å²) in [6.07, 6.45) is 2.47. The molecule has 0 heterocycles. The molecule has 2 rings (SSSR count). The molecule has 1 aromatic carbocycles. The number of nitrogens with zero attached hydrogens (tertiary/aromatic N) is 1. The summed E-state index contributed by atoms with van der Waals surface area (Å²) in [6, 6.07) is 4.50. The van der Waals surface area contributed by atoms with Gasteiger partial charge in [-0.1, -0.05) is 13.0 Å². The maximum absolute atomic E-state index is 12.6. The van der Waals surface area contributed by atoms with Crippen molar-refractivity contribution in [2.45, 2.75) is 37.5 Å². The highest BCUT2D eigenvalue weighted by molar-refractivity contribution is 7.89. The molecule has 22 heavy (non-hydrogen) atoms. The Labute approximate surface area is 129 Å². The van der Waals surface area contributed by atoms with Gasteiger partial charge in [-0.15, -0.1) is 0 Å². The van der Waals surface area contributed by atoms with Crippen LogP contribution in [0.2, 0.25) is 0 Å². The van der Waals surface area contributed by atoms with Crippen LogP contribution in [-0.4, -0.2) is 42.7 Å². The highest BCUT2D eigenvalue weighted by atomic mass is 32.2. The molecule has 0 saturated carbocycles. The summed E-state index contributed by atoms with van der Waals surface area (Å²) < 4.78 is 26.1. The van der Waals surface area contributed by atoms with Crippen molar-refractivity contribution in [2.24, 2.45) is 0 Å². The second-order valence-electron chi connectivity index (χ2n) is 5.33. The van der Waals surface area contributed by atoms with Gasteiger partial charge in [0.1, 0.15) is 6.54 Å². The van der Waals surface area contributed by atoms with E-state index >= 15 is 0 Å². The van der Waals surface area contributed by atoms with Gasteiger partial charge in [0.2, 0.25) is 10.0 Å². The number of ketones is 1. The SMILES string of the molecule is CCCN(CC(=O)O)S(=O)(=O)c1ccc2c(c1)C(=O)CCC2. The van der Waals surface area contributed by atoms with Crippen LogP contribution in [0, 0.1) is 0 Å². The Hall–Kier alpha value is -1.73. The van der Waals surface area contributed by atoms with Crippen LogP contribution in [0.1, 0.15) is 42.1 Å². The van der Waals surface area contributed by atoms with Gasteiger partial charge in [0.05, 0.1) is 4.90 Å². The number of carbonyl (C=O) groups excluding carboxylic acids is 1. The van der Waals surface area contributed by atoms with Gasteiger partial charge in [-0.3, -0.25) is 9.59 Å². The Balaban J connectivity index is 2.42. The number of aliphatic carboxylic acids is 1. The first kappa shape index (κ1) is 16.6. The second-order valence-corrected chi connectivity index (χ2v) is 7.27. The summed E-state index contributed by atoms with van der Waals surface area (Å²) in [6.45, 7) is 1.32. The maximum atomic E-state index is 12.6. The molecule has 0 saturated heterocycles. The van der Waals surface area contributed by atoms with Crippen LogP contribution >= 0.6 is 0 Å². The third-order valence-corrected chi connectivity index (χ3v) is 5.50.